The molecule has 5 heteroatoms. The van der Waals surface area contributed by atoms with Crippen LogP contribution in [0.1, 0.15) is 15.9 Å². The number of phenols is 1. The lowest BCUT2D eigenvalue weighted by molar-refractivity contribution is 0.104. The Morgan fingerprint density at radius 3 is 2.19 bits per heavy atom. The zero-order chi connectivity index (χ0) is 18.5. The van der Waals surface area contributed by atoms with E-state index < -0.39 is 0 Å². The fourth-order valence-electron chi connectivity index (χ4n) is 2.26. The SMILES string of the molecule is O=C(/C=C/c1ccc(O)c(Cl)c1Cl)c1ccc(Oc2ccccc2)cc1. The molecular weight excluding hydrogens is 371 g/mol. The number of carbonyl (C=O) groups excluding carboxylic acids is 1. The molecule has 3 rings (SSSR count). The third-order valence-corrected chi connectivity index (χ3v) is 4.51. The van der Waals surface area contributed by atoms with Gasteiger partial charge in [-0.15, -0.1) is 0 Å². The molecule has 3 aromatic carbocycles. The van der Waals surface area contributed by atoms with Crippen molar-refractivity contribution in [3.63, 3.8) is 0 Å². The summed E-state index contributed by atoms with van der Waals surface area (Å²) >= 11 is 11.9. The number of halogens is 2. The van der Waals surface area contributed by atoms with Crippen LogP contribution in [-0.2, 0) is 0 Å². The normalized spacial score (nSPS) is 10.8. The fourth-order valence-corrected chi connectivity index (χ4v) is 2.65. The minimum Gasteiger partial charge on any atom is -0.506 e. The molecule has 0 aliphatic heterocycles. The molecular formula is C21H14Cl2O3. The summed E-state index contributed by atoms with van der Waals surface area (Å²) in [5.41, 5.74) is 1.06. The van der Waals surface area contributed by atoms with Crippen molar-refractivity contribution < 1.29 is 14.6 Å². The average molecular weight is 385 g/mol. The van der Waals surface area contributed by atoms with Crippen LogP contribution in [0.4, 0.5) is 0 Å². The molecule has 0 atom stereocenters. The van der Waals surface area contributed by atoms with Crippen LogP contribution in [0.2, 0.25) is 10.0 Å². The minimum atomic E-state index is -0.184. The number of aromatic hydroxyl groups is 1. The van der Waals surface area contributed by atoms with Crippen molar-refractivity contribution >= 4 is 35.1 Å². The highest BCUT2D eigenvalue weighted by atomic mass is 35.5. The molecule has 3 nitrogen and oxygen atoms in total. The summed E-state index contributed by atoms with van der Waals surface area (Å²) in [6.07, 6.45) is 2.96. The Bertz CT molecular complexity index is 949. The molecule has 1 N–H and O–H groups in total. The van der Waals surface area contributed by atoms with Crippen molar-refractivity contribution in [3.8, 4) is 17.2 Å². The molecule has 0 aliphatic carbocycles. The number of ketones is 1. The van der Waals surface area contributed by atoms with Crippen LogP contribution in [-0.4, -0.2) is 10.9 Å². The van der Waals surface area contributed by atoms with Gasteiger partial charge >= 0.3 is 0 Å². The summed E-state index contributed by atoms with van der Waals surface area (Å²) in [5, 5.41) is 9.75. The average Bonchev–Trinajstić information content (AvgIpc) is 2.67. The van der Waals surface area contributed by atoms with E-state index in [1.807, 2.05) is 30.3 Å². The van der Waals surface area contributed by atoms with E-state index in [1.165, 1.54) is 12.1 Å². The van der Waals surface area contributed by atoms with Gasteiger partial charge in [0.15, 0.2) is 5.78 Å². The van der Waals surface area contributed by atoms with E-state index in [0.29, 0.717) is 16.9 Å². The zero-order valence-corrected chi connectivity index (χ0v) is 15.0. The Labute approximate surface area is 161 Å². The van der Waals surface area contributed by atoms with E-state index in [4.69, 9.17) is 27.9 Å². The third kappa shape index (κ3) is 4.26. The first-order valence-electron chi connectivity index (χ1n) is 7.77. The molecule has 3 aromatic rings. The number of ether oxygens (including phenoxy) is 1. The highest BCUT2D eigenvalue weighted by Crippen LogP contribution is 2.34. The number of phenolic OH excluding ortho intramolecular Hbond substituents is 1. The van der Waals surface area contributed by atoms with E-state index >= 15 is 0 Å². The van der Waals surface area contributed by atoms with E-state index in [-0.39, 0.29) is 21.6 Å². The van der Waals surface area contributed by atoms with Crippen LogP contribution in [0.3, 0.4) is 0 Å². The van der Waals surface area contributed by atoms with Gasteiger partial charge in [-0.05, 0) is 66.2 Å². The number of hydrogen-bond donors (Lipinski definition) is 1. The predicted octanol–water partition coefficient (Wildman–Crippen LogP) is 6.39. The summed E-state index contributed by atoms with van der Waals surface area (Å²) in [5.74, 6) is 1.08. The maximum Gasteiger partial charge on any atom is 0.185 e. The summed E-state index contributed by atoms with van der Waals surface area (Å²) in [6, 6.07) is 19.3. The first-order valence-corrected chi connectivity index (χ1v) is 8.52. The molecule has 26 heavy (non-hydrogen) atoms. The number of allylic oxidation sites excluding steroid dienone is 1. The van der Waals surface area contributed by atoms with Gasteiger partial charge in [0, 0.05) is 5.56 Å². The Hall–Kier alpha value is -2.75. The standard InChI is InChI=1S/C21H14Cl2O3/c22-20-15(9-13-19(25)21(20)23)8-12-18(24)14-6-10-17(11-7-14)26-16-4-2-1-3-5-16/h1-13,25H/b12-8+. The summed E-state index contributed by atoms with van der Waals surface area (Å²) in [7, 11) is 0. The summed E-state index contributed by atoms with van der Waals surface area (Å²) in [6.45, 7) is 0. The molecule has 0 spiro atoms. The van der Waals surface area contributed by atoms with E-state index in [9.17, 15) is 9.90 Å². The van der Waals surface area contributed by atoms with Crippen molar-refractivity contribution in [2.45, 2.75) is 0 Å². The fraction of sp³-hybridized carbons (Fsp3) is 0. The lowest BCUT2D eigenvalue weighted by Crippen LogP contribution is -1.94. The van der Waals surface area contributed by atoms with Crippen LogP contribution in [0, 0.1) is 0 Å². The number of carbonyl (C=O) groups is 1. The number of para-hydroxylation sites is 1. The van der Waals surface area contributed by atoms with Crippen LogP contribution in [0.5, 0.6) is 17.2 Å². The summed E-state index contributed by atoms with van der Waals surface area (Å²) < 4.78 is 5.70. The molecule has 0 unspecified atom stereocenters. The highest BCUT2D eigenvalue weighted by molar-refractivity contribution is 6.43. The largest absolute Gasteiger partial charge is 0.506 e. The summed E-state index contributed by atoms with van der Waals surface area (Å²) in [4.78, 5) is 12.3. The van der Waals surface area contributed by atoms with Gasteiger partial charge in [-0.3, -0.25) is 4.79 Å². The van der Waals surface area contributed by atoms with Crippen LogP contribution in [0.25, 0.3) is 6.08 Å². The van der Waals surface area contributed by atoms with Crippen LogP contribution in [0.15, 0.2) is 72.8 Å². The van der Waals surface area contributed by atoms with Crippen LogP contribution < -0.4 is 4.74 Å². The topological polar surface area (TPSA) is 46.5 Å². The molecule has 0 aromatic heterocycles. The lowest BCUT2D eigenvalue weighted by Gasteiger charge is -2.06. The first kappa shape index (κ1) is 18.1. The second-order valence-electron chi connectivity index (χ2n) is 5.44. The molecule has 0 bridgehead atoms. The quantitative estimate of drug-likeness (QED) is 0.409. The monoisotopic (exact) mass is 384 g/mol. The van der Waals surface area contributed by atoms with E-state index in [2.05, 4.69) is 0 Å². The van der Waals surface area contributed by atoms with Crippen molar-refractivity contribution in [3.05, 3.63) is 94.0 Å². The number of benzene rings is 3. The maximum absolute atomic E-state index is 12.3. The molecule has 0 heterocycles. The van der Waals surface area contributed by atoms with Crippen LogP contribution >= 0.6 is 23.2 Å². The maximum atomic E-state index is 12.3. The van der Waals surface area contributed by atoms with E-state index in [0.717, 1.165) is 5.75 Å². The first-order chi connectivity index (χ1) is 12.5. The van der Waals surface area contributed by atoms with Crippen molar-refractivity contribution in [1.82, 2.24) is 0 Å². The molecule has 0 saturated heterocycles. The molecule has 0 saturated carbocycles. The second-order valence-corrected chi connectivity index (χ2v) is 6.19. The Morgan fingerprint density at radius 1 is 0.846 bits per heavy atom. The zero-order valence-electron chi connectivity index (χ0n) is 13.5. The lowest BCUT2D eigenvalue weighted by atomic mass is 10.1. The van der Waals surface area contributed by atoms with Gasteiger partial charge in [-0.25, -0.2) is 0 Å². The smallest absolute Gasteiger partial charge is 0.185 e. The third-order valence-electron chi connectivity index (χ3n) is 3.62. The van der Waals surface area contributed by atoms with Gasteiger partial charge < -0.3 is 9.84 Å². The van der Waals surface area contributed by atoms with Crippen molar-refractivity contribution in [1.29, 1.82) is 0 Å². The molecule has 0 fully saturated rings. The van der Waals surface area contributed by atoms with Crippen molar-refractivity contribution in [2.75, 3.05) is 0 Å². The highest BCUT2D eigenvalue weighted by Gasteiger charge is 2.08. The molecule has 0 amide bonds. The molecule has 0 radical (unpaired) electrons. The molecule has 0 aliphatic rings. The Kier molecular flexibility index (Phi) is 5.61. The minimum absolute atomic E-state index is 0.0590. The van der Waals surface area contributed by atoms with Gasteiger partial charge in [0.1, 0.15) is 22.3 Å². The van der Waals surface area contributed by atoms with Gasteiger partial charge in [0.2, 0.25) is 0 Å². The predicted molar refractivity (Wildman–Crippen MR) is 104 cm³/mol. The van der Waals surface area contributed by atoms with Gasteiger partial charge in [0.05, 0.1) is 5.02 Å². The Morgan fingerprint density at radius 2 is 1.50 bits per heavy atom. The number of rotatable bonds is 5. The van der Waals surface area contributed by atoms with Gasteiger partial charge in [-0.1, -0.05) is 41.4 Å². The Balaban J connectivity index is 1.71. The van der Waals surface area contributed by atoms with Gasteiger partial charge in [-0.2, -0.15) is 0 Å². The van der Waals surface area contributed by atoms with Gasteiger partial charge in [0.25, 0.3) is 0 Å². The number of hydrogen-bond acceptors (Lipinski definition) is 3. The second kappa shape index (κ2) is 8.09. The molecule has 130 valence electrons. The van der Waals surface area contributed by atoms with E-state index in [1.54, 1.807) is 36.4 Å². The van der Waals surface area contributed by atoms with Crippen molar-refractivity contribution in [2.24, 2.45) is 0 Å².